The van der Waals surface area contributed by atoms with Gasteiger partial charge in [0.2, 0.25) is 5.95 Å². The van der Waals surface area contributed by atoms with Crippen LogP contribution in [0.3, 0.4) is 0 Å². The van der Waals surface area contributed by atoms with Crippen LogP contribution in [0.1, 0.15) is 21.7 Å². The van der Waals surface area contributed by atoms with Gasteiger partial charge < -0.3 is 5.73 Å². The van der Waals surface area contributed by atoms with Crippen LogP contribution in [-0.2, 0) is 19.5 Å². The molecule has 0 aliphatic carbocycles. The molecule has 4 rings (SSSR count). The molecule has 0 atom stereocenters. The smallest absolute Gasteiger partial charge is 0.220 e. The molecule has 0 fully saturated rings. The number of aromatic nitrogens is 2. The number of anilines is 1. The Morgan fingerprint density at radius 1 is 1.21 bits per heavy atom. The number of nitrogens with two attached hydrogens (primary N) is 1. The molecule has 1 aromatic carbocycles. The van der Waals surface area contributed by atoms with Gasteiger partial charge in [-0.1, -0.05) is 24.3 Å². The summed E-state index contributed by atoms with van der Waals surface area (Å²) in [5, 5.41) is 0. The van der Waals surface area contributed by atoms with E-state index in [-0.39, 0.29) is 0 Å². The van der Waals surface area contributed by atoms with Crippen LogP contribution in [0.2, 0.25) is 0 Å². The van der Waals surface area contributed by atoms with E-state index in [1.807, 2.05) is 17.5 Å². The summed E-state index contributed by atoms with van der Waals surface area (Å²) in [5.74, 6) is 0.378. The number of hydrogen-bond acceptors (Lipinski definition) is 5. The molecule has 4 nitrogen and oxygen atoms in total. The van der Waals surface area contributed by atoms with Crippen LogP contribution < -0.4 is 5.73 Å². The SMILES string of the molecule is Cc1ccccc1-c1ccc(CN2CCc3nc(N)ncc3C2)s1. The fraction of sp³-hybridized carbons (Fsp3) is 0.263. The molecule has 2 N–H and O–H groups in total. The van der Waals surface area contributed by atoms with E-state index in [0.29, 0.717) is 5.95 Å². The second-order valence-corrected chi connectivity index (χ2v) is 7.41. The van der Waals surface area contributed by atoms with Gasteiger partial charge in [0.05, 0.1) is 5.69 Å². The first-order valence-electron chi connectivity index (χ1n) is 8.16. The van der Waals surface area contributed by atoms with Gasteiger partial charge in [0, 0.05) is 47.6 Å². The number of hydrogen-bond donors (Lipinski definition) is 1. The predicted molar refractivity (Wildman–Crippen MR) is 98.8 cm³/mol. The van der Waals surface area contributed by atoms with E-state index >= 15 is 0 Å². The van der Waals surface area contributed by atoms with E-state index < -0.39 is 0 Å². The maximum absolute atomic E-state index is 5.68. The minimum Gasteiger partial charge on any atom is -0.368 e. The molecule has 0 saturated carbocycles. The highest BCUT2D eigenvalue weighted by atomic mass is 32.1. The quantitative estimate of drug-likeness (QED) is 0.793. The summed E-state index contributed by atoms with van der Waals surface area (Å²) in [7, 11) is 0. The van der Waals surface area contributed by atoms with E-state index in [2.05, 4.69) is 58.2 Å². The molecule has 1 aliphatic heterocycles. The lowest BCUT2D eigenvalue weighted by Crippen LogP contribution is -2.30. The summed E-state index contributed by atoms with van der Waals surface area (Å²) >= 11 is 1.88. The third-order valence-corrected chi connectivity index (χ3v) is 5.59. The van der Waals surface area contributed by atoms with Crippen molar-refractivity contribution in [3.8, 4) is 10.4 Å². The normalized spacial score (nSPS) is 14.5. The topological polar surface area (TPSA) is 55.0 Å². The van der Waals surface area contributed by atoms with Crippen molar-refractivity contribution in [1.82, 2.24) is 14.9 Å². The number of thiophene rings is 1. The van der Waals surface area contributed by atoms with Gasteiger partial charge in [0.15, 0.2) is 0 Å². The molecule has 0 spiro atoms. The second kappa shape index (κ2) is 6.34. The minimum atomic E-state index is 0.378. The molecule has 24 heavy (non-hydrogen) atoms. The lowest BCUT2D eigenvalue weighted by atomic mass is 10.1. The van der Waals surface area contributed by atoms with Crippen molar-refractivity contribution >= 4 is 17.3 Å². The molecule has 0 saturated heterocycles. The summed E-state index contributed by atoms with van der Waals surface area (Å²) < 4.78 is 0. The van der Waals surface area contributed by atoms with Crippen LogP contribution in [0.25, 0.3) is 10.4 Å². The van der Waals surface area contributed by atoms with Gasteiger partial charge in [0.1, 0.15) is 0 Å². The van der Waals surface area contributed by atoms with Gasteiger partial charge in [-0.15, -0.1) is 11.3 Å². The van der Waals surface area contributed by atoms with E-state index in [4.69, 9.17) is 5.73 Å². The van der Waals surface area contributed by atoms with Gasteiger partial charge in [-0.05, 0) is 30.2 Å². The van der Waals surface area contributed by atoms with Gasteiger partial charge in [-0.25, -0.2) is 9.97 Å². The molecule has 3 aromatic rings. The molecule has 3 heterocycles. The zero-order chi connectivity index (χ0) is 16.5. The number of rotatable bonds is 3. The van der Waals surface area contributed by atoms with Crippen molar-refractivity contribution < 1.29 is 0 Å². The van der Waals surface area contributed by atoms with Crippen LogP contribution in [-0.4, -0.2) is 21.4 Å². The zero-order valence-corrected chi connectivity index (χ0v) is 14.5. The zero-order valence-electron chi connectivity index (χ0n) is 13.7. The highest BCUT2D eigenvalue weighted by molar-refractivity contribution is 7.15. The lowest BCUT2D eigenvalue weighted by Gasteiger charge is -2.27. The Morgan fingerprint density at radius 2 is 2.08 bits per heavy atom. The third-order valence-electron chi connectivity index (χ3n) is 4.48. The molecular weight excluding hydrogens is 316 g/mol. The average molecular weight is 336 g/mol. The highest BCUT2D eigenvalue weighted by Crippen LogP contribution is 2.31. The Kier molecular flexibility index (Phi) is 4.04. The number of aryl methyl sites for hydroxylation is 1. The lowest BCUT2D eigenvalue weighted by molar-refractivity contribution is 0.245. The summed E-state index contributed by atoms with van der Waals surface area (Å²) in [4.78, 5) is 13.7. The first kappa shape index (κ1) is 15.3. The van der Waals surface area contributed by atoms with E-state index in [1.165, 1.54) is 26.4 Å². The molecule has 0 amide bonds. The Hall–Kier alpha value is -2.24. The molecule has 122 valence electrons. The number of benzene rings is 1. The Balaban J connectivity index is 1.49. The molecule has 5 heteroatoms. The number of nitrogen functional groups attached to an aromatic ring is 1. The highest BCUT2D eigenvalue weighted by Gasteiger charge is 2.19. The summed E-state index contributed by atoms with van der Waals surface area (Å²) in [5.41, 5.74) is 10.6. The first-order chi connectivity index (χ1) is 11.7. The van der Waals surface area contributed by atoms with E-state index in [1.54, 1.807) is 0 Å². The van der Waals surface area contributed by atoms with E-state index in [0.717, 1.165) is 31.7 Å². The first-order valence-corrected chi connectivity index (χ1v) is 8.98. The van der Waals surface area contributed by atoms with E-state index in [9.17, 15) is 0 Å². The maximum atomic E-state index is 5.68. The van der Waals surface area contributed by atoms with Crippen LogP contribution >= 0.6 is 11.3 Å². The largest absolute Gasteiger partial charge is 0.368 e. The fourth-order valence-corrected chi connectivity index (χ4v) is 4.34. The Morgan fingerprint density at radius 3 is 2.96 bits per heavy atom. The van der Waals surface area contributed by atoms with Crippen LogP contribution in [0, 0.1) is 6.92 Å². The van der Waals surface area contributed by atoms with Crippen molar-refractivity contribution in [2.75, 3.05) is 12.3 Å². The van der Waals surface area contributed by atoms with Crippen molar-refractivity contribution in [2.24, 2.45) is 0 Å². The molecule has 1 aliphatic rings. The molecular formula is C19H20N4S. The fourth-order valence-electron chi connectivity index (χ4n) is 3.20. The third kappa shape index (κ3) is 3.05. The molecule has 0 radical (unpaired) electrons. The molecule has 2 aromatic heterocycles. The van der Waals surface area contributed by atoms with Crippen molar-refractivity contribution in [2.45, 2.75) is 26.4 Å². The molecule has 0 bridgehead atoms. The van der Waals surface area contributed by atoms with Gasteiger partial charge in [-0.2, -0.15) is 0 Å². The van der Waals surface area contributed by atoms with Crippen molar-refractivity contribution in [3.63, 3.8) is 0 Å². The maximum Gasteiger partial charge on any atom is 0.220 e. The summed E-state index contributed by atoms with van der Waals surface area (Å²) in [6, 6.07) is 13.1. The van der Waals surface area contributed by atoms with Gasteiger partial charge in [-0.3, -0.25) is 4.90 Å². The minimum absolute atomic E-state index is 0.378. The predicted octanol–water partition coefficient (Wildman–Crippen LogP) is 3.65. The number of nitrogens with zero attached hydrogens (tertiary/aromatic N) is 3. The summed E-state index contributed by atoms with van der Waals surface area (Å²) in [6.07, 6.45) is 2.81. The molecule has 0 unspecified atom stereocenters. The standard InChI is InChI=1S/C19H20N4S/c1-13-4-2-3-5-16(13)18-7-6-15(24-18)12-23-9-8-17-14(11-23)10-21-19(20)22-17/h2-7,10H,8-9,11-12H2,1H3,(H2,20,21,22). The van der Waals surface area contributed by atoms with Crippen LogP contribution in [0.15, 0.2) is 42.6 Å². The van der Waals surface area contributed by atoms with Crippen molar-refractivity contribution in [3.05, 3.63) is 64.3 Å². The second-order valence-electron chi connectivity index (χ2n) is 6.24. The summed E-state index contributed by atoms with van der Waals surface area (Å²) in [6.45, 7) is 5.05. The monoisotopic (exact) mass is 336 g/mol. The number of fused-ring (bicyclic) bond motifs is 1. The van der Waals surface area contributed by atoms with Gasteiger partial charge in [0.25, 0.3) is 0 Å². The van der Waals surface area contributed by atoms with Gasteiger partial charge >= 0.3 is 0 Å². The average Bonchev–Trinajstić information content (AvgIpc) is 3.04. The Labute approximate surface area is 146 Å². The van der Waals surface area contributed by atoms with Crippen LogP contribution in [0.5, 0.6) is 0 Å². The van der Waals surface area contributed by atoms with Crippen LogP contribution in [0.4, 0.5) is 5.95 Å². The van der Waals surface area contributed by atoms with Crippen molar-refractivity contribution in [1.29, 1.82) is 0 Å². The Bertz CT molecular complexity index is 871.